The van der Waals surface area contributed by atoms with Gasteiger partial charge in [0.15, 0.2) is 0 Å². The molecule has 2 rings (SSSR count). The fourth-order valence-electron chi connectivity index (χ4n) is 2.21. The molecule has 94 valence electrons. The number of piperidine rings is 1. The minimum absolute atomic E-state index is 0.301. The van der Waals surface area contributed by atoms with Gasteiger partial charge in [0.25, 0.3) is 0 Å². The number of hydrogen-bond donors (Lipinski definition) is 1. The van der Waals surface area contributed by atoms with E-state index in [1.54, 1.807) is 0 Å². The molecule has 0 aromatic heterocycles. The summed E-state index contributed by atoms with van der Waals surface area (Å²) in [4.78, 5) is 2.41. The molecule has 2 atom stereocenters. The summed E-state index contributed by atoms with van der Waals surface area (Å²) in [6, 6.07) is 6.44. The summed E-state index contributed by atoms with van der Waals surface area (Å²) >= 11 is 9.50. The number of halogens is 2. The second-order valence-corrected chi connectivity index (χ2v) is 6.17. The maximum Gasteiger partial charge on any atom is 0.0551 e. The monoisotopic (exact) mass is 316 g/mol. The van der Waals surface area contributed by atoms with Gasteiger partial charge in [-0.2, -0.15) is 0 Å². The Balaban J connectivity index is 1.99. The first-order valence-corrected chi connectivity index (χ1v) is 7.15. The van der Waals surface area contributed by atoms with Gasteiger partial charge < -0.3 is 5.73 Å². The van der Waals surface area contributed by atoms with Gasteiger partial charge in [-0.3, -0.25) is 4.90 Å². The van der Waals surface area contributed by atoms with E-state index in [0.29, 0.717) is 12.0 Å². The van der Waals surface area contributed by atoms with Crippen LogP contribution in [0.1, 0.15) is 18.9 Å². The van der Waals surface area contributed by atoms with E-state index in [2.05, 4.69) is 33.8 Å². The molecule has 1 aliphatic heterocycles. The van der Waals surface area contributed by atoms with Crippen LogP contribution in [-0.4, -0.2) is 24.0 Å². The van der Waals surface area contributed by atoms with Crippen LogP contribution in [0.15, 0.2) is 22.7 Å². The largest absolute Gasteiger partial charge is 0.326 e. The Labute approximate surface area is 116 Å². The van der Waals surface area contributed by atoms with E-state index in [1.807, 2.05) is 12.1 Å². The zero-order chi connectivity index (χ0) is 12.4. The molecule has 0 bridgehead atoms. The van der Waals surface area contributed by atoms with Crippen molar-refractivity contribution in [1.82, 2.24) is 4.90 Å². The maximum absolute atomic E-state index is 6.10. The molecule has 0 aliphatic carbocycles. The van der Waals surface area contributed by atoms with E-state index in [1.165, 1.54) is 12.0 Å². The Morgan fingerprint density at radius 1 is 1.53 bits per heavy atom. The highest BCUT2D eigenvalue weighted by Gasteiger charge is 2.22. The summed E-state index contributed by atoms with van der Waals surface area (Å²) in [6.45, 7) is 5.28. The molecule has 0 amide bonds. The normalized spacial score (nSPS) is 26.1. The van der Waals surface area contributed by atoms with Gasteiger partial charge >= 0.3 is 0 Å². The summed E-state index contributed by atoms with van der Waals surface area (Å²) in [7, 11) is 0. The third kappa shape index (κ3) is 3.44. The summed E-state index contributed by atoms with van der Waals surface area (Å²) in [6.07, 6.45) is 1.19. The second kappa shape index (κ2) is 5.70. The van der Waals surface area contributed by atoms with Crippen LogP contribution in [0.2, 0.25) is 5.02 Å². The standard InChI is InChI=1S/C13H18BrClN2/c1-9-4-5-17(8-13(9)16)7-10-2-3-11(14)12(15)6-10/h2-3,6,9,13H,4-5,7-8,16H2,1H3. The lowest BCUT2D eigenvalue weighted by Crippen LogP contribution is -2.47. The van der Waals surface area contributed by atoms with Crippen molar-refractivity contribution in [3.8, 4) is 0 Å². The van der Waals surface area contributed by atoms with Crippen LogP contribution in [0.3, 0.4) is 0 Å². The van der Waals surface area contributed by atoms with Crippen LogP contribution in [-0.2, 0) is 6.54 Å². The van der Waals surface area contributed by atoms with Crippen LogP contribution in [0.5, 0.6) is 0 Å². The van der Waals surface area contributed by atoms with Crippen molar-refractivity contribution in [2.24, 2.45) is 11.7 Å². The molecule has 4 heteroatoms. The molecule has 0 saturated carbocycles. The predicted molar refractivity (Wildman–Crippen MR) is 76.2 cm³/mol. The average molecular weight is 318 g/mol. The number of rotatable bonds is 2. The van der Waals surface area contributed by atoms with E-state index >= 15 is 0 Å². The lowest BCUT2D eigenvalue weighted by Gasteiger charge is -2.35. The average Bonchev–Trinajstić information content (AvgIpc) is 2.29. The van der Waals surface area contributed by atoms with Gasteiger partial charge in [0.2, 0.25) is 0 Å². The highest BCUT2D eigenvalue weighted by Crippen LogP contribution is 2.24. The molecular weight excluding hydrogens is 300 g/mol. The van der Waals surface area contributed by atoms with Crippen LogP contribution < -0.4 is 5.73 Å². The van der Waals surface area contributed by atoms with E-state index in [0.717, 1.165) is 29.1 Å². The van der Waals surface area contributed by atoms with Crippen molar-refractivity contribution >= 4 is 27.5 Å². The Morgan fingerprint density at radius 3 is 2.94 bits per heavy atom. The Kier molecular flexibility index (Phi) is 4.47. The van der Waals surface area contributed by atoms with Gasteiger partial charge in [-0.05, 0) is 52.5 Å². The maximum atomic E-state index is 6.10. The van der Waals surface area contributed by atoms with Gasteiger partial charge in [0.05, 0.1) is 5.02 Å². The fourth-order valence-corrected chi connectivity index (χ4v) is 2.66. The van der Waals surface area contributed by atoms with E-state index in [-0.39, 0.29) is 0 Å². The minimum Gasteiger partial charge on any atom is -0.326 e. The van der Waals surface area contributed by atoms with Crippen LogP contribution in [0, 0.1) is 5.92 Å². The molecule has 2 nitrogen and oxygen atoms in total. The van der Waals surface area contributed by atoms with Crippen molar-refractivity contribution in [3.05, 3.63) is 33.3 Å². The second-order valence-electron chi connectivity index (χ2n) is 4.91. The molecule has 0 radical (unpaired) electrons. The van der Waals surface area contributed by atoms with Crippen molar-refractivity contribution < 1.29 is 0 Å². The molecule has 2 unspecified atom stereocenters. The first-order chi connectivity index (χ1) is 8.06. The third-order valence-electron chi connectivity index (χ3n) is 3.49. The zero-order valence-electron chi connectivity index (χ0n) is 10.00. The van der Waals surface area contributed by atoms with Crippen molar-refractivity contribution in [2.75, 3.05) is 13.1 Å². The summed E-state index contributed by atoms with van der Waals surface area (Å²) < 4.78 is 0.951. The third-order valence-corrected chi connectivity index (χ3v) is 4.72. The minimum atomic E-state index is 0.301. The molecule has 2 N–H and O–H groups in total. The van der Waals surface area contributed by atoms with Crippen molar-refractivity contribution in [3.63, 3.8) is 0 Å². The Morgan fingerprint density at radius 2 is 2.29 bits per heavy atom. The van der Waals surface area contributed by atoms with E-state index in [4.69, 9.17) is 17.3 Å². The smallest absolute Gasteiger partial charge is 0.0551 e. The number of nitrogens with two attached hydrogens (primary N) is 1. The lowest BCUT2D eigenvalue weighted by atomic mass is 9.94. The SMILES string of the molecule is CC1CCN(Cc2ccc(Br)c(Cl)c2)CC1N. The fraction of sp³-hybridized carbons (Fsp3) is 0.538. The lowest BCUT2D eigenvalue weighted by molar-refractivity contribution is 0.162. The summed E-state index contributed by atoms with van der Waals surface area (Å²) in [5.41, 5.74) is 7.35. The number of nitrogens with zero attached hydrogens (tertiary/aromatic N) is 1. The first-order valence-electron chi connectivity index (χ1n) is 5.98. The Bertz CT molecular complexity index is 397. The number of hydrogen-bond acceptors (Lipinski definition) is 2. The van der Waals surface area contributed by atoms with Gasteiger partial charge in [-0.15, -0.1) is 0 Å². The summed E-state index contributed by atoms with van der Waals surface area (Å²) in [5.74, 6) is 0.639. The van der Waals surface area contributed by atoms with Gasteiger partial charge in [0, 0.05) is 23.6 Å². The molecule has 17 heavy (non-hydrogen) atoms. The zero-order valence-corrected chi connectivity index (χ0v) is 12.3. The highest BCUT2D eigenvalue weighted by atomic mass is 79.9. The molecular formula is C13H18BrClN2. The van der Waals surface area contributed by atoms with Crippen LogP contribution in [0.25, 0.3) is 0 Å². The molecule has 1 aromatic carbocycles. The molecule has 1 heterocycles. The molecule has 1 aliphatic rings. The molecule has 1 saturated heterocycles. The van der Waals surface area contributed by atoms with Crippen LogP contribution in [0.4, 0.5) is 0 Å². The molecule has 1 aromatic rings. The van der Waals surface area contributed by atoms with Gasteiger partial charge in [-0.1, -0.05) is 24.6 Å². The quantitative estimate of drug-likeness (QED) is 0.907. The predicted octanol–water partition coefficient (Wildman–Crippen LogP) is 3.27. The Hall–Kier alpha value is -0.0900. The van der Waals surface area contributed by atoms with Crippen molar-refractivity contribution in [1.29, 1.82) is 0 Å². The van der Waals surface area contributed by atoms with Gasteiger partial charge in [-0.25, -0.2) is 0 Å². The van der Waals surface area contributed by atoms with Gasteiger partial charge in [0.1, 0.15) is 0 Å². The number of benzene rings is 1. The number of likely N-dealkylation sites (tertiary alicyclic amines) is 1. The van der Waals surface area contributed by atoms with Crippen molar-refractivity contribution in [2.45, 2.75) is 25.9 Å². The van der Waals surface area contributed by atoms with Crippen LogP contribution >= 0.6 is 27.5 Å². The van der Waals surface area contributed by atoms with E-state index < -0.39 is 0 Å². The molecule has 0 spiro atoms. The highest BCUT2D eigenvalue weighted by molar-refractivity contribution is 9.10. The topological polar surface area (TPSA) is 29.3 Å². The molecule has 1 fully saturated rings. The van der Waals surface area contributed by atoms with E-state index in [9.17, 15) is 0 Å². The summed E-state index contributed by atoms with van der Waals surface area (Å²) in [5, 5.41) is 0.775. The first kappa shape index (κ1) is 13.3.